The SMILES string of the molecule is Cc1c(NC2CCC(N)CC2)nc2ccnn2c1Nc1ccc(OCc2ccccc2)cc1. The number of ether oxygens (including phenoxy) is 1. The van der Waals surface area contributed by atoms with Gasteiger partial charge in [-0.25, -0.2) is 4.98 Å². The average Bonchev–Trinajstić information content (AvgIpc) is 3.31. The number of hydrogen-bond acceptors (Lipinski definition) is 6. The number of fused-ring (bicyclic) bond motifs is 1. The van der Waals surface area contributed by atoms with E-state index in [-0.39, 0.29) is 0 Å². The number of rotatable bonds is 7. The monoisotopic (exact) mass is 442 g/mol. The van der Waals surface area contributed by atoms with Crippen LogP contribution in [0.2, 0.25) is 0 Å². The lowest BCUT2D eigenvalue weighted by Crippen LogP contribution is -2.33. The summed E-state index contributed by atoms with van der Waals surface area (Å²) in [6.45, 7) is 2.62. The number of nitrogens with zero attached hydrogens (tertiary/aromatic N) is 3. The van der Waals surface area contributed by atoms with Crippen molar-refractivity contribution >= 4 is 23.0 Å². The first kappa shape index (κ1) is 21.3. The maximum absolute atomic E-state index is 6.08. The third-order valence-corrected chi connectivity index (χ3v) is 6.25. The zero-order valence-electron chi connectivity index (χ0n) is 18.9. The van der Waals surface area contributed by atoms with E-state index in [1.54, 1.807) is 6.20 Å². The van der Waals surface area contributed by atoms with Crippen molar-refractivity contribution < 1.29 is 4.74 Å². The van der Waals surface area contributed by atoms with Crippen LogP contribution in [0.15, 0.2) is 66.9 Å². The lowest BCUT2D eigenvalue weighted by molar-refractivity contribution is 0.306. The molecular formula is C26H30N6O. The van der Waals surface area contributed by atoms with E-state index in [9.17, 15) is 0 Å². The first-order valence-corrected chi connectivity index (χ1v) is 11.6. The molecule has 7 nitrogen and oxygen atoms in total. The molecule has 2 aromatic carbocycles. The normalized spacial score (nSPS) is 18.2. The molecule has 1 aliphatic rings. The Balaban J connectivity index is 1.32. The van der Waals surface area contributed by atoms with Gasteiger partial charge >= 0.3 is 0 Å². The van der Waals surface area contributed by atoms with E-state index in [1.165, 1.54) is 0 Å². The highest BCUT2D eigenvalue weighted by molar-refractivity contribution is 5.69. The number of anilines is 3. The van der Waals surface area contributed by atoms with Gasteiger partial charge in [-0.15, -0.1) is 0 Å². The predicted octanol–water partition coefficient (Wildman–Crippen LogP) is 5.04. The van der Waals surface area contributed by atoms with Gasteiger partial charge in [0.15, 0.2) is 5.65 Å². The molecule has 2 heterocycles. The number of nitrogens with two attached hydrogens (primary N) is 1. The molecule has 4 N–H and O–H groups in total. The maximum Gasteiger partial charge on any atom is 0.159 e. The molecule has 5 rings (SSSR count). The summed E-state index contributed by atoms with van der Waals surface area (Å²) in [5.41, 5.74) is 10.0. The van der Waals surface area contributed by atoms with Gasteiger partial charge in [0.05, 0.1) is 6.20 Å². The van der Waals surface area contributed by atoms with Crippen molar-refractivity contribution in [2.45, 2.75) is 51.3 Å². The van der Waals surface area contributed by atoms with Gasteiger partial charge in [0.25, 0.3) is 0 Å². The first-order valence-electron chi connectivity index (χ1n) is 11.6. The van der Waals surface area contributed by atoms with Crippen LogP contribution in [0.25, 0.3) is 5.65 Å². The van der Waals surface area contributed by atoms with Crippen molar-refractivity contribution in [2.24, 2.45) is 5.73 Å². The van der Waals surface area contributed by atoms with Crippen LogP contribution >= 0.6 is 0 Å². The Morgan fingerprint density at radius 1 is 1.00 bits per heavy atom. The van der Waals surface area contributed by atoms with Gasteiger partial charge in [-0.1, -0.05) is 30.3 Å². The van der Waals surface area contributed by atoms with Gasteiger partial charge in [-0.05, 0) is 62.4 Å². The molecule has 0 unspecified atom stereocenters. The molecule has 0 atom stereocenters. The minimum absolute atomic E-state index is 0.325. The van der Waals surface area contributed by atoms with Crippen LogP contribution in [0.4, 0.5) is 17.3 Å². The molecule has 0 bridgehead atoms. The van der Waals surface area contributed by atoms with Crippen molar-refractivity contribution in [1.29, 1.82) is 0 Å². The largest absolute Gasteiger partial charge is 0.489 e. The van der Waals surface area contributed by atoms with E-state index in [4.69, 9.17) is 15.5 Å². The van der Waals surface area contributed by atoms with E-state index in [0.717, 1.165) is 65.5 Å². The topological polar surface area (TPSA) is 89.5 Å². The quantitative estimate of drug-likeness (QED) is 0.371. The highest BCUT2D eigenvalue weighted by Crippen LogP contribution is 2.29. The molecule has 0 radical (unpaired) electrons. The molecule has 170 valence electrons. The smallest absolute Gasteiger partial charge is 0.159 e. The van der Waals surface area contributed by atoms with Crippen molar-refractivity contribution in [2.75, 3.05) is 10.6 Å². The van der Waals surface area contributed by atoms with Gasteiger partial charge in [0.2, 0.25) is 0 Å². The zero-order valence-corrected chi connectivity index (χ0v) is 18.9. The predicted molar refractivity (Wildman–Crippen MR) is 132 cm³/mol. The van der Waals surface area contributed by atoms with Gasteiger partial charge in [-0.3, -0.25) is 0 Å². The fourth-order valence-electron chi connectivity index (χ4n) is 4.28. The Morgan fingerprint density at radius 2 is 1.76 bits per heavy atom. The molecule has 0 amide bonds. The Labute approximate surface area is 194 Å². The van der Waals surface area contributed by atoms with E-state index in [1.807, 2.05) is 53.0 Å². The van der Waals surface area contributed by atoms with Crippen LogP contribution in [-0.4, -0.2) is 26.7 Å². The second kappa shape index (κ2) is 9.50. The summed E-state index contributed by atoms with van der Waals surface area (Å²) in [6, 6.07) is 20.8. The number of nitrogens with one attached hydrogen (secondary N) is 2. The Bertz CT molecular complexity index is 1200. The van der Waals surface area contributed by atoms with Crippen molar-refractivity contribution in [3.05, 3.63) is 78.0 Å². The van der Waals surface area contributed by atoms with E-state index in [2.05, 4.69) is 34.8 Å². The summed E-state index contributed by atoms with van der Waals surface area (Å²) in [7, 11) is 0. The molecule has 1 fully saturated rings. The van der Waals surface area contributed by atoms with E-state index in [0.29, 0.717) is 18.7 Å². The Hall–Kier alpha value is -3.58. The molecule has 0 aliphatic heterocycles. The molecule has 1 aliphatic carbocycles. The fourth-order valence-corrected chi connectivity index (χ4v) is 4.28. The lowest BCUT2D eigenvalue weighted by Gasteiger charge is -2.28. The van der Waals surface area contributed by atoms with Gasteiger partial charge in [-0.2, -0.15) is 9.61 Å². The molecule has 1 saturated carbocycles. The van der Waals surface area contributed by atoms with Crippen LogP contribution in [-0.2, 0) is 6.61 Å². The minimum atomic E-state index is 0.325. The first-order chi connectivity index (χ1) is 16.2. The van der Waals surface area contributed by atoms with E-state index < -0.39 is 0 Å². The summed E-state index contributed by atoms with van der Waals surface area (Å²) >= 11 is 0. The van der Waals surface area contributed by atoms with Crippen LogP contribution in [0.5, 0.6) is 5.75 Å². The standard InChI is InChI=1S/C26H30N6O/c1-18-25(29-21-9-7-20(27)8-10-21)31-24-15-16-28-32(24)26(18)30-22-11-13-23(14-12-22)33-17-19-5-3-2-4-6-19/h2-6,11-16,20-21,30H,7-10,17,27H2,1H3,(H,29,31). The fraction of sp³-hybridized carbons (Fsp3) is 0.308. The summed E-state index contributed by atoms with van der Waals surface area (Å²) in [4.78, 5) is 4.82. The van der Waals surface area contributed by atoms with Gasteiger partial charge in [0, 0.05) is 29.4 Å². The second-order valence-corrected chi connectivity index (χ2v) is 8.71. The lowest BCUT2D eigenvalue weighted by atomic mass is 9.92. The van der Waals surface area contributed by atoms with Crippen molar-refractivity contribution in [3.63, 3.8) is 0 Å². The average molecular weight is 443 g/mol. The summed E-state index contributed by atoms with van der Waals surface area (Å²) in [6.07, 6.45) is 6.02. The molecule has 0 saturated heterocycles. The summed E-state index contributed by atoms with van der Waals surface area (Å²) in [5.74, 6) is 2.63. The van der Waals surface area contributed by atoms with Crippen LogP contribution < -0.4 is 21.1 Å². The molecule has 0 spiro atoms. The Morgan fingerprint density at radius 3 is 2.52 bits per heavy atom. The van der Waals surface area contributed by atoms with Crippen LogP contribution in [0, 0.1) is 6.92 Å². The zero-order chi connectivity index (χ0) is 22.6. The highest BCUT2D eigenvalue weighted by Gasteiger charge is 2.21. The molecule has 2 aromatic heterocycles. The minimum Gasteiger partial charge on any atom is -0.489 e. The summed E-state index contributed by atoms with van der Waals surface area (Å²) < 4.78 is 7.76. The number of benzene rings is 2. The van der Waals surface area contributed by atoms with Crippen LogP contribution in [0.1, 0.15) is 36.8 Å². The third-order valence-electron chi connectivity index (χ3n) is 6.25. The molecule has 4 aromatic rings. The second-order valence-electron chi connectivity index (χ2n) is 8.71. The molecule has 33 heavy (non-hydrogen) atoms. The number of aromatic nitrogens is 3. The van der Waals surface area contributed by atoms with Gasteiger partial charge < -0.3 is 21.1 Å². The van der Waals surface area contributed by atoms with E-state index >= 15 is 0 Å². The Kier molecular flexibility index (Phi) is 6.13. The van der Waals surface area contributed by atoms with Crippen molar-refractivity contribution in [3.8, 4) is 5.75 Å². The van der Waals surface area contributed by atoms with Crippen molar-refractivity contribution in [1.82, 2.24) is 14.6 Å². The molecular weight excluding hydrogens is 412 g/mol. The third kappa shape index (κ3) is 4.93. The molecule has 7 heteroatoms. The maximum atomic E-state index is 6.08. The van der Waals surface area contributed by atoms with Crippen LogP contribution in [0.3, 0.4) is 0 Å². The number of hydrogen-bond donors (Lipinski definition) is 3. The summed E-state index contributed by atoms with van der Waals surface area (Å²) in [5, 5.41) is 11.7. The van der Waals surface area contributed by atoms with Gasteiger partial charge in [0.1, 0.15) is 24.0 Å². The highest BCUT2D eigenvalue weighted by atomic mass is 16.5.